The lowest BCUT2D eigenvalue weighted by molar-refractivity contribution is -0.177. The Balaban J connectivity index is 2.86. The summed E-state index contributed by atoms with van der Waals surface area (Å²) in [5, 5.41) is 12.1. The largest absolute Gasteiger partial charge is 0.478 e. The summed E-state index contributed by atoms with van der Waals surface area (Å²) in [6.45, 7) is 3.43. The number of nitrogens with one attached hydrogen (secondary N) is 1. The van der Waals surface area contributed by atoms with Gasteiger partial charge in [-0.2, -0.15) is 12.6 Å². The molecule has 1 amide bonds. The first-order chi connectivity index (χ1) is 11.3. The summed E-state index contributed by atoms with van der Waals surface area (Å²) in [6, 6.07) is 7.59. The van der Waals surface area contributed by atoms with Gasteiger partial charge in [0.15, 0.2) is 0 Å². The quantitative estimate of drug-likeness (QED) is 0.468. The highest BCUT2D eigenvalue weighted by Gasteiger charge is 2.40. The molecule has 0 aliphatic rings. The molecule has 0 aliphatic carbocycles. The molecule has 0 spiro atoms. The van der Waals surface area contributed by atoms with Crippen molar-refractivity contribution in [3.8, 4) is 0 Å². The zero-order chi connectivity index (χ0) is 18.3. The molecule has 1 aromatic carbocycles. The molecule has 7 heteroatoms. The molecule has 0 radical (unpaired) electrons. The van der Waals surface area contributed by atoms with Crippen molar-refractivity contribution in [2.45, 2.75) is 32.6 Å². The van der Waals surface area contributed by atoms with Crippen molar-refractivity contribution in [3.63, 3.8) is 0 Å². The van der Waals surface area contributed by atoms with Gasteiger partial charge in [0.2, 0.25) is 11.6 Å². The molecule has 1 rings (SSSR count). The average molecular weight is 354 g/mol. The Bertz CT molecular complexity index is 562. The van der Waals surface area contributed by atoms with Crippen molar-refractivity contribution in [1.29, 1.82) is 0 Å². The summed E-state index contributed by atoms with van der Waals surface area (Å²) in [5.74, 6) is -1.68. The predicted molar refractivity (Wildman–Crippen MR) is 97.4 cm³/mol. The molecule has 0 saturated carbocycles. The van der Waals surface area contributed by atoms with Crippen molar-refractivity contribution < 1.29 is 19.4 Å². The molecule has 0 bridgehead atoms. The second-order valence-electron chi connectivity index (χ2n) is 5.91. The Morgan fingerprint density at radius 3 is 2.33 bits per heavy atom. The standard InChI is InChI=1S/C17H26N2O4S/c1-5-17(16(21)22,18-15(20)12(2)11-24)23-10-13-6-8-14(9-7-13)19(3)4/h6-9,12,24H,5,10-11H2,1-4H3,(H,18,20)(H,21,22)/t12?,17-/m0/s1. The molecule has 6 nitrogen and oxygen atoms in total. The van der Waals surface area contributed by atoms with Gasteiger partial charge in [-0.25, -0.2) is 4.79 Å². The second kappa shape index (κ2) is 8.94. The molecule has 134 valence electrons. The van der Waals surface area contributed by atoms with Crippen LogP contribution in [0.1, 0.15) is 25.8 Å². The third kappa shape index (κ3) is 5.14. The van der Waals surface area contributed by atoms with Crippen LogP contribution < -0.4 is 10.2 Å². The number of thiol groups is 1. The average Bonchev–Trinajstić information content (AvgIpc) is 2.57. The van der Waals surface area contributed by atoms with Gasteiger partial charge in [0.1, 0.15) is 0 Å². The Morgan fingerprint density at radius 1 is 1.33 bits per heavy atom. The van der Waals surface area contributed by atoms with Gasteiger partial charge in [-0.3, -0.25) is 4.79 Å². The number of amides is 1. The maximum absolute atomic E-state index is 12.1. The number of benzene rings is 1. The number of aliphatic carboxylic acids is 1. The SMILES string of the molecule is CC[C@](NC(=O)C(C)CS)(OCc1ccc(N(C)C)cc1)C(=O)O. The number of nitrogens with zero attached hydrogens (tertiary/aromatic N) is 1. The van der Waals surface area contributed by atoms with Crippen molar-refractivity contribution >= 4 is 30.2 Å². The first-order valence-electron chi connectivity index (χ1n) is 7.82. The second-order valence-corrected chi connectivity index (χ2v) is 6.27. The lowest BCUT2D eigenvalue weighted by Gasteiger charge is -2.30. The minimum absolute atomic E-state index is 0.0867. The minimum atomic E-state index is -1.74. The van der Waals surface area contributed by atoms with Crippen molar-refractivity contribution in [2.75, 3.05) is 24.7 Å². The fourth-order valence-electron chi connectivity index (χ4n) is 1.99. The van der Waals surface area contributed by atoms with Crippen molar-refractivity contribution in [3.05, 3.63) is 29.8 Å². The van der Waals surface area contributed by atoms with Crippen molar-refractivity contribution in [1.82, 2.24) is 5.32 Å². The fourth-order valence-corrected chi connectivity index (χ4v) is 2.16. The molecule has 0 heterocycles. The van der Waals surface area contributed by atoms with Crippen LogP contribution in [0, 0.1) is 5.92 Å². The first-order valence-corrected chi connectivity index (χ1v) is 8.45. The van der Waals surface area contributed by atoms with E-state index in [-0.39, 0.29) is 13.0 Å². The van der Waals surface area contributed by atoms with Crippen LogP contribution in [-0.4, -0.2) is 42.6 Å². The molecule has 1 unspecified atom stereocenters. The summed E-state index contributed by atoms with van der Waals surface area (Å²) in [7, 11) is 3.88. The van der Waals surface area contributed by atoms with E-state index in [1.54, 1.807) is 13.8 Å². The highest BCUT2D eigenvalue weighted by Crippen LogP contribution is 2.19. The van der Waals surface area contributed by atoms with Crippen LogP contribution in [0.5, 0.6) is 0 Å². The van der Waals surface area contributed by atoms with Gasteiger partial charge >= 0.3 is 5.97 Å². The van der Waals surface area contributed by atoms with Crippen LogP contribution in [0.3, 0.4) is 0 Å². The van der Waals surface area contributed by atoms with E-state index in [4.69, 9.17) is 4.74 Å². The Kier molecular flexibility index (Phi) is 7.57. The summed E-state index contributed by atoms with van der Waals surface area (Å²) in [4.78, 5) is 25.7. The normalized spacial score (nSPS) is 14.5. The number of carboxylic acids is 1. The molecule has 1 aromatic rings. The molecule has 0 aliphatic heterocycles. The van der Waals surface area contributed by atoms with Crippen LogP contribution in [0.4, 0.5) is 5.69 Å². The summed E-state index contributed by atoms with van der Waals surface area (Å²) < 4.78 is 5.62. The first kappa shape index (κ1) is 20.3. The lowest BCUT2D eigenvalue weighted by Crippen LogP contribution is -2.57. The predicted octanol–water partition coefficient (Wildman–Crippen LogP) is 2.14. The molecule has 0 saturated heterocycles. The molecular formula is C17H26N2O4S. The molecule has 2 atom stereocenters. The number of hydrogen-bond donors (Lipinski definition) is 3. The maximum atomic E-state index is 12.1. The zero-order valence-electron chi connectivity index (χ0n) is 14.6. The summed E-state index contributed by atoms with van der Waals surface area (Å²) >= 11 is 4.07. The molecule has 2 N–H and O–H groups in total. The van der Waals surface area contributed by atoms with Gasteiger partial charge < -0.3 is 20.1 Å². The lowest BCUT2D eigenvalue weighted by atomic mass is 10.1. The number of ether oxygens (including phenoxy) is 1. The molecule has 0 fully saturated rings. The topological polar surface area (TPSA) is 78.9 Å². The van der Waals surface area contributed by atoms with Gasteiger partial charge in [-0.15, -0.1) is 0 Å². The highest BCUT2D eigenvalue weighted by atomic mass is 32.1. The Hall–Kier alpha value is -1.73. The van der Waals surface area contributed by atoms with E-state index < -0.39 is 23.5 Å². The van der Waals surface area contributed by atoms with Crippen molar-refractivity contribution in [2.24, 2.45) is 5.92 Å². The van der Waals surface area contributed by atoms with E-state index >= 15 is 0 Å². The van der Waals surface area contributed by atoms with Crippen LogP contribution in [0.25, 0.3) is 0 Å². The van der Waals surface area contributed by atoms with E-state index in [2.05, 4.69) is 17.9 Å². The van der Waals surface area contributed by atoms with Gasteiger partial charge in [-0.1, -0.05) is 26.0 Å². The van der Waals surface area contributed by atoms with E-state index in [0.717, 1.165) is 11.3 Å². The van der Waals surface area contributed by atoms with E-state index in [9.17, 15) is 14.7 Å². The third-order valence-corrected chi connectivity index (χ3v) is 4.38. The highest BCUT2D eigenvalue weighted by molar-refractivity contribution is 7.80. The Morgan fingerprint density at radius 2 is 1.92 bits per heavy atom. The number of carboxylic acid groups (broad SMARTS) is 1. The number of hydrogen-bond acceptors (Lipinski definition) is 5. The zero-order valence-corrected chi connectivity index (χ0v) is 15.5. The number of carbonyl (C=O) groups is 2. The fraction of sp³-hybridized carbons (Fsp3) is 0.529. The number of anilines is 1. The third-order valence-electron chi connectivity index (χ3n) is 3.83. The molecule has 24 heavy (non-hydrogen) atoms. The van der Waals surface area contributed by atoms with Crippen LogP contribution >= 0.6 is 12.6 Å². The van der Waals surface area contributed by atoms with Gasteiger partial charge in [-0.05, 0) is 17.7 Å². The Labute approximate surface area is 148 Å². The van der Waals surface area contributed by atoms with Gasteiger partial charge in [0, 0.05) is 37.9 Å². The molecule has 0 aromatic heterocycles. The monoisotopic (exact) mass is 354 g/mol. The van der Waals surface area contributed by atoms with E-state index in [1.807, 2.05) is 43.3 Å². The number of rotatable bonds is 9. The van der Waals surface area contributed by atoms with Crippen LogP contribution in [0.15, 0.2) is 24.3 Å². The summed E-state index contributed by atoms with van der Waals surface area (Å²) in [5.41, 5.74) is 0.125. The minimum Gasteiger partial charge on any atom is -0.478 e. The van der Waals surface area contributed by atoms with Gasteiger partial charge in [0.25, 0.3) is 0 Å². The number of carbonyl (C=O) groups excluding carboxylic acids is 1. The maximum Gasteiger partial charge on any atom is 0.357 e. The van der Waals surface area contributed by atoms with E-state index in [0.29, 0.717) is 5.75 Å². The van der Waals surface area contributed by atoms with Crippen LogP contribution in [-0.2, 0) is 20.9 Å². The summed E-state index contributed by atoms with van der Waals surface area (Å²) in [6.07, 6.45) is 0.114. The molecular weight excluding hydrogens is 328 g/mol. The smallest absolute Gasteiger partial charge is 0.357 e. The van der Waals surface area contributed by atoms with Gasteiger partial charge in [0.05, 0.1) is 6.61 Å². The van der Waals surface area contributed by atoms with Crippen LogP contribution in [0.2, 0.25) is 0 Å². The van der Waals surface area contributed by atoms with E-state index in [1.165, 1.54) is 0 Å².